The molecule has 0 N–H and O–H groups in total. The van der Waals surface area contributed by atoms with Crippen LogP contribution in [0.15, 0.2) is 12.2 Å². The molecule has 0 saturated heterocycles. The van der Waals surface area contributed by atoms with Crippen LogP contribution in [0.25, 0.3) is 0 Å². The molecule has 72 valence electrons. The number of allylic oxidation sites excluding steroid dienone is 1. The average Bonchev–Trinajstić information content (AvgIpc) is 2.02. The molecule has 0 aliphatic carbocycles. The van der Waals surface area contributed by atoms with Gasteiger partial charge in [0.25, 0.3) is 0 Å². The van der Waals surface area contributed by atoms with E-state index in [0.29, 0.717) is 0 Å². The van der Waals surface area contributed by atoms with Crippen molar-refractivity contribution in [1.29, 1.82) is 0 Å². The number of hydrogen-bond acceptors (Lipinski definition) is 1. The van der Waals surface area contributed by atoms with Crippen molar-refractivity contribution < 1.29 is 4.79 Å². The molecule has 0 saturated carbocycles. The quantitative estimate of drug-likeness (QED) is 0.512. The van der Waals surface area contributed by atoms with Gasteiger partial charge in [-0.05, 0) is 25.7 Å². The molecule has 0 heterocycles. The Morgan fingerprint density at radius 1 is 1.46 bits per heavy atom. The first-order valence-electron chi connectivity index (χ1n) is 4.67. The first-order chi connectivity index (χ1) is 5.90. The van der Waals surface area contributed by atoms with Crippen molar-refractivity contribution in [3.05, 3.63) is 12.2 Å². The van der Waals surface area contributed by atoms with Gasteiger partial charge in [-0.15, -0.1) is 6.58 Å². The van der Waals surface area contributed by atoms with Gasteiger partial charge in [0.05, 0.1) is 0 Å². The summed E-state index contributed by atoms with van der Waals surface area (Å²) in [5.41, 5.74) is 1.30. The molecule has 0 amide bonds. The first kappa shape index (κ1) is 16.0. The van der Waals surface area contributed by atoms with Gasteiger partial charge in [0.1, 0.15) is 0 Å². The van der Waals surface area contributed by atoms with Crippen LogP contribution >= 0.6 is 0 Å². The standard InChI is InChI=1S/C8H16.C3H4O.Ca/c1-7(2)5-6-8(3)4;1-3(2)4;/h8H,1,5-6H2,2-4H3;1H,2H3;. The van der Waals surface area contributed by atoms with Crippen molar-refractivity contribution in [2.75, 3.05) is 0 Å². The molecule has 1 nitrogen and oxygen atoms in total. The number of Topliss-reactive ketones (excluding diaryl/α,β-unsaturated/α-hetero) is 1. The second-order valence-electron chi connectivity index (χ2n) is 3.70. The summed E-state index contributed by atoms with van der Waals surface area (Å²) in [5.74, 6) is 1.01. The molecule has 0 atom stereocenters. The zero-order chi connectivity index (χ0) is 10.9. The Hall–Kier alpha value is 0.540. The van der Waals surface area contributed by atoms with Gasteiger partial charge in [-0.25, -0.2) is 0 Å². The van der Waals surface area contributed by atoms with Gasteiger partial charge in [0.15, 0.2) is 0 Å². The van der Waals surface area contributed by atoms with Crippen molar-refractivity contribution in [3.63, 3.8) is 0 Å². The zero-order valence-electron chi connectivity index (χ0n) is 9.39. The molecule has 13 heavy (non-hydrogen) atoms. The van der Waals surface area contributed by atoms with Crippen LogP contribution in [0.5, 0.6) is 0 Å². The zero-order valence-corrected chi connectivity index (χ0v) is 11.6. The fourth-order valence-electron chi connectivity index (χ4n) is 0.535. The van der Waals surface area contributed by atoms with Crippen LogP contribution in [0, 0.1) is 5.92 Å². The van der Waals surface area contributed by atoms with Crippen LogP contribution in [-0.2, 0) is 4.79 Å². The van der Waals surface area contributed by atoms with Crippen LogP contribution in [0.2, 0.25) is 0 Å². The van der Waals surface area contributed by atoms with E-state index in [2.05, 4.69) is 27.4 Å². The summed E-state index contributed by atoms with van der Waals surface area (Å²) in [6.07, 6.45) is 2.48. The number of rotatable bonds is 4. The van der Waals surface area contributed by atoms with Gasteiger partial charge >= 0.3 is 54.9 Å². The van der Waals surface area contributed by atoms with Gasteiger partial charge in [0.2, 0.25) is 0 Å². The summed E-state index contributed by atoms with van der Waals surface area (Å²) in [6, 6.07) is 0. The monoisotopic (exact) mass is 208 g/mol. The van der Waals surface area contributed by atoms with Gasteiger partial charge in [-0.2, -0.15) is 0 Å². The SMILES string of the molecule is C=C(C)CCC(C)C.CC(=O)[CH]=[Ca]. The van der Waals surface area contributed by atoms with E-state index in [1.807, 2.05) is 0 Å². The van der Waals surface area contributed by atoms with Crippen molar-refractivity contribution >= 4 is 43.1 Å². The molecule has 0 radical (unpaired) electrons. The first-order valence-corrected chi connectivity index (χ1v) is 5.95. The van der Waals surface area contributed by atoms with Crippen LogP contribution < -0.4 is 0 Å². The maximum atomic E-state index is 9.79. The summed E-state index contributed by atoms with van der Waals surface area (Å²) >= 11 is 0.981. The summed E-state index contributed by atoms with van der Waals surface area (Å²) < 4.78 is 1.65. The van der Waals surface area contributed by atoms with Gasteiger partial charge in [0, 0.05) is 0 Å². The summed E-state index contributed by atoms with van der Waals surface area (Å²) in [4.78, 5) is 9.79. The van der Waals surface area contributed by atoms with Crippen LogP contribution in [0.3, 0.4) is 0 Å². The Morgan fingerprint density at radius 2 is 1.85 bits per heavy atom. The summed E-state index contributed by atoms with van der Waals surface area (Å²) in [6.45, 7) is 11.9. The average molecular weight is 208 g/mol. The van der Waals surface area contributed by atoms with Crippen LogP contribution in [0.4, 0.5) is 0 Å². The Labute approximate surface area is 106 Å². The summed E-state index contributed by atoms with van der Waals surface area (Å²) in [5, 5.41) is 0. The molecular weight excluding hydrogens is 188 g/mol. The predicted octanol–water partition coefficient (Wildman–Crippen LogP) is 2.54. The minimum atomic E-state index is 0.185. The molecule has 0 aliphatic rings. The van der Waals surface area contributed by atoms with Gasteiger partial charge in [-0.3, -0.25) is 0 Å². The fraction of sp³-hybridized carbons (Fsp3) is 0.636. The fourth-order valence-corrected chi connectivity index (χ4v) is 0.535. The molecule has 0 aliphatic heterocycles. The van der Waals surface area contributed by atoms with Crippen molar-refractivity contribution in [3.8, 4) is 0 Å². The van der Waals surface area contributed by atoms with E-state index >= 15 is 0 Å². The molecule has 0 aromatic carbocycles. The number of hydrogen-bond donors (Lipinski definition) is 0. The third-order valence-corrected chi connectivity index (χ3v) is 2.33. The Bertz CT molecular complexity index is 171. The number of ketones is 1. The normalized spacial score (nSPS) is 8.85. The van der Waals surface area contributed by atoms with Gasteiger partial charge in [-0.1, -0.05) is 19.4 Å². The maximum absolute atomic E-state index is 9.79. The number of carbonyl (C=O) groups is 1. The number of carbonyl (C=O) groups excluding carboxylic acids is 1. The molecule has 0 unspecified atom stereocenters. The van der Waals surface area contributed by atoms with E-state index < -0.39 is 0 Å². The minimum absolute atomic E-state index is 0.185. The van der Waals surface area contributed by atoms with E-state index in [0.717, 1.165) is 41.2 Å². The summed E-state index contributed by atoms with van der Waals surface area (Å²) in [7, 11) is 0. The Morgan fingerprint density at radius 3 is 1.92 bits per heavy atom. The van der Waals surface area contributed by atoms with E-state index in [9.17, 15) is 4.79 Å². The van der Waals surface area contributed by atoms with E-state index in [1.165, 1.54) is 18.4 Å². The van der Waals surface area contributed by atoms with E-state index in [1.54, 1.807) is 9.01 Å². The molecule has 0 fully saturated rings. The van der Waals surface area contributed by atoms with E-state index in [4.69, 9.17) is 0 Å². The molecule has 0 spiro atoms. The second kappa shape index (κ2) is 10.6. The molecule has 0 aromatic heterocycles. The second-order valence-corrected chi connectivity index (χ2v) is 4.34. The van der Waals surface area contributed by atoms with Crippen LogP contribution in [-0.4, -0.2) is 43.1 Å². The Balaban J connectivity index is 0. The predicted molar refractivity (Wildman–Crippen MR) is 61.4 cm³/mol. The van der Waals surface area contributed by atoms with Crippen LogP contribution in [0.1, 0.15) is 40.5 Å². The molecular formula is C11H20CaO. The third kappa shape index (κ3) is 24.5. The van der Waals surface area contributed by atoms with Crippen molar-refractivity contribution in [1.82, 2.24) is 0 Å². The Kier molecular flexibility index (Phi) is 13.1. The molecule has 2 heteroatoms. The molecule has 0 aromatic rings. The molecule has 0 bridgehead atoms. The van der Waals surface area contributed by atoms with Gasteiger partial charge < -0.3 is 0 Å². The van der Waals surface area contributed by atoms with Crippen molar-refractivity contribution in [2.45, 2.75) is 40.5 Å². The van der Waals surface area contributed by atoms with E-state index in [-0.39, 0.29) is 5.78 Å². The molecule has 0 rings (SSSR count). The topological polar surface area (TPSA) is 17.1 Å². The third-order valence-electron chi connectivity index (χ3n) is 1.44. The van der Waals surface area contributed by atoms with Crippen molar-refractivity contribution in [2.24, 2.45) is 5.92 Å².